The van der Waals surface area contributed by atoms with Gasteiger partial charge in [-0.05, 0) is 56.9 Å². The van der Waals surface area contributed by atoms with Gasteiger partial charge in [0.15, 0.2) is 0 Å². The van der Waals surface area contributed by atoms with Gasteiger partial charge in [-0.1, -0.05) is 43.7 Å². The molecule has 1 saturated carbocycles. The van der Waals surface area contributed by atoms with Gasteiger partial charge in [0, 0.05) is 13.7 Å². The second kappa shape index (κ2) is 12.6. The summed E-state index contributed by atoms with van der Waals surface area (Å²) in [6.07, 6.45) is 6.06. The van der Waals surface area contributed by atoms with Gasteiger partial charge < -0.3 is 9.53 Å². The summed E-state index contributed by atoms with van der Waals surface area (Å²) in [6, 6.07) is 9.07. The molecule has 0 spiro atoms. The van der Waals surface area contributed by atoms with E-state index in [1.54, 1.807) is 0 Å². The predicted octanol–water partition coefficient (Wildman–Crippen LogP) is 5.15. The third kappa shape index (κ3) is 8.01. The Hall–Kier alpha value is -1.15. The summed E-state index contributed by atoms with van der Waals surface area (Å²) in [5.74, 6) is 1.58. The van der Waals surface area contributed by atoms with Crippen LogP contribution >= 0.6 is 0 Å². The number of aldehydes is 1. The largest absolute Gasteiger partial charge is 0.384 e. The molecule has 1 aliphatic carbocycles. The molecule has 1 aromatic rings. The number of aryl methyl sites for hydroxylation is 1. The van der Waals surface area contributed by atoms with E-state index in [4.69, 9.17) is 9.53 Å². The number of hydrogen-bond donors (Lipinski definition) is 0. The zero-order chi connectivity index (χ0) is 16.1. The number of rotatable bonds is 3. The van der Waals surface area contributed by atoms with Crippen molar-refractivity contribution in [3.05, 3.63) is 35.4 Å². The molecule has 0 aromatic heterocycles. The first kappa shape index (κ1) is 19.9. The third-order valence-corrected chi connectivity index (χ3v) is 3.80. The number of carbonyl (C=O) groups excluding carboxylic acids is 1. The van der Waals surface area contributed by atoms with E-state index in [-0.39, 0.29) is 0 Å². The summed E-state index contributed by atoms with van der Waals surface area (Å²) in [6.45, 7) is 8.54. The minimum Gasteiger partial charge on any atom is -0.384 e. The lowest BCUT2D eigenvalue weighted by Crippen LogP contribution is -2.17. The van der Waals surface area contributed by atoms with Gasteiger partial charge in [-0.3, -0.25) is 0 Å². The minimum absolute atomic E-state index is 0.750. The molecule has 2 nitrogen and oxygen atoms in total. The van der Waals surface area contributed by atoms with Gasteiger partial charge >= 0.3 is 0 Å². The topological polar surface area (TPSA) is 26.3 Å². The zero-order valence-corrected chi connectivity index (χ0v) is 14.4. The first-order chi connectivity index (χ1) is 10.2. The number of benzene rings is 1. The van der Waals surface area contributed by atoms with Crippen molar-refractivity contribution in [3.63, 3.8) is 0 Å². The summed E-state index contributed by atoms with van der Waals surface area (Å²) in [7, 11) is 1.81. The van der Waals surface area contributed by atoms with E-state index >= 15 is 0 Å². The van der Waals surface area contributed by atoms with Gasteiger partial charge in [0.05, 0.1) is 0 Å². The standard InChI is InChI=1S/C15H22O.C2H4O.C2H6/c1-12-3-7-14(8-4-12)15-9-5-13(6-10-15)11-16-2;1-2-3;1-2/h3-4,7-8,13,15H,5-6,9-11H2,1-2H3;2H,1H3;1-2H3. The van der Waals surface area contributed by atoms with E-state index in [1.807, 2.05) is 21.0 Å². The lowest BCUT2D eigenvalue weighted by molar-refractivity contribution is -0.106. The van der Waals surface area contributed by atoms with E-state index in [2.05, 4.69) is 31.2 Å². The fraction of sp³-hybridized carbons (Fsp3) is 0.632. The monoisotopic (exact) mass is 292 g/mol. The Morgan fingerprint density at radius 1 is 1.10 bits per heavy atom. The van der Waals surface area contributed by atoms with Crippen LogP contribution in [0.4, 0.5) is 0 Å². The van der Waals surface area contributed by atoms with Crippen molar-refractivity contribution < 1.29 is 9.53 Å². The van der Waals surface area contributed by atoms with E-state index in [0.717, 1.165) is 24.7 Å². The van der Waals surface area contributed by atoms with Crippen LogP contribution in [0.3, 0.4) is 0 Å². The fourth-order valence-corrected chi connectivity index (χ4v) is 2.74. The summed E-state index contributed by atoms with van der Waals surface area (Å²) in [5.41, 5.74) is 2.89. The highest BCUT2D eigenvalue weighted by Gasteiger charge is 2.21. The number of carbonyl (C=O) groups is 1. The van der Waals surface area contributed by atoms with Crippen LogP contribution in [0.2, 0.25) is 0 Å². The highest BCUT2D eigenvalue weighted by Crippen LogP contribution is 2.35. The molecule has 0 N–H and O–H groups in total. The van der Waals surface area contributed by atoms with Crippen molar-refractivity contribution in [1.82, 2.24) is 0 Å². The van der Waals surface area contributed by atoms with Gasteiger partial charge in [0.25, 0.3) is 0 Å². The van der Waals surface area contributed by atoms with Crippen LogP contribution in [-0.4, -0.2) is 20.0 Å². The minimum atomic E-state index is 0.750. The molecule has 0 aliphatic heterocycles. The Balaban J connectivity index is 0.000000713. The predicted molar refractivity (Wildman–Crippen MR) is 90.8 cm³/mol. The Kier molecular flexibility index (Phi) is 11.9. The molecule has 0 unspecified atom stereocenters. The molecular weight excluding hydrogens is 260 g/mol. The number of hydrogen-bond acceptors (Lipinski definition) is 2. The first-order valence-corrected chi connectivity index (χ1v) is 8.16. The SMILES string of the molecule is CC.CC=O.COCC1CCC(c2ccc(C)cc2)CC1. The average molecular weight is 292 g/mol. The lowest BCUT2D eigenvalue weighted by Gasteiger charge is -2.28. The molecule has 0 saturated heterocycles. The van der Waals surface area contributed by atoms with Crippen molar-refractivity contribution >= 4 is 6.29 Å². The van der Waals surface area contributed by atoms with Gasteiger partial charge in [0.2, 0.25) is 0 Å². The molecular formula is C19H32O2. The van der Waals surface area contributed by atoms with Crippen LogP contribution in [0.5, 0.6) is 0 Å². The highest BCUT2D eigenvalue weighted by molar-refractivity contribution is 5.44. The molecule has 0 bridgehead atoms. The normalized spacial score (nSPS) is 20.4. The van der Waals surface area contributed by atoms with E-state index < -0.39 is 0 Å². The molecule has 2 heteroatoms. The Morgan fingerprint density at radius 3 is 2.00 bits per heavy atom. The van der Waals surface area contributed by atoms with Crippen molar-refractivity contribution in [2.75, 3.05) is 13.7 Å². The molecule has 1 fully saturated rings. The van der Waals surface area contributed by atoms with Gasteiger partial charge in [-0.2, -0.15) is 0 Å². The summed E-state index contributed by atoms with van der Waals surface area (Å²) < 4.78 is 5.24. The van der Waals surface area contributed by atoms with E-state index in [0.29, 0.717) is 0 Å². The third-order valence-electron chi connectivity index (χ3n) is 3.80. The first-order valence-electron chi connectivity index (χ1n) is 8.16. The van der Waals surface area contributed by atoms with Gasteiger partial charge in [-0.15, -0.1) is 0 Å². The zero-order valence-electron chi connectivity index (χ0n) is 14.4. The van der Waals surface area contributed by atoms with Crippen molar-refractivity contribution in [2.24, 2.45) is 5.92 Å². The smallest absolute Gasteiger partial charge is 0.116 e. The summed E-state index contributed by atoms with van der Waals surface area (Å²) >= 11 is 0. The van der Waals surface area contributed by atoms with E-state index in [9.17, 15) is 0 Å². The van der Waals surface area contributed by atoms with Crippen LogP contribution in [0.25, 0.3) is 0 Å². The lowest BCUT2D eigenvalue weighted by atomic mass is 9.79. The molecule has 1 aromatic carbocycles. The van der Waals surface area contributed by atoms with Crippen molar-refractivity contribution in [3.8, 4) is 0 Å². The van der Waals surface area contributed by atoms with Crippen LogP contribution in [0.15, 0.2) is 24.3 Å². The second-order valence-electron chi connectivity index (χ2n) is 5.32. The Morgan fingerprint density at radius 2 is 1.57 bits per heavy atom. The van der Waals surface area contributed by atoms with Gasteiger partial charge in [-0.25, -0.2) is 0 Å². The summed E-state index contributed by atoms with van der Waals surface area (Å²) in [4.78, 5) is 8.81. The molecule has 1 aliphatic rings. The quantitative estimate of drug-likeness (QED) is 0.720. The summed E-state index contributed by atoms with van der Waals surface area (Å²) in [5, 5.41) is 0. The highest BCUT2D eigenvalue weighted by atomic mass is 16.5. The van der Waals surface area contributed by atoms with Crippen molar-refractivity contribution in [2.45, 2.75) is 59.3 Å². The fourth-order valence-electron chi connectivity index (χ4n) is 2.74. The number of ether oxygens (including phenoxy) is 1. The molecule has 120 valence electrons. The molecule has 0 radical (unpaired) electrons. The molecule has 0 heterocycles. The Labute approximate surface area is 130 Å². The second-order valence-corrected chi connectivity index (χ2v) is 5.32. The van der Waals surface area contributed by atoms with Crippen LogP contribution in [0, 0.1) is 12.8 Å². The maximum absolute atomic E-state index is 8.81. The number of methoxy groups -OCH3 is 1. The van der Waals surface area contributed by atoms with E-state index in [1.165, 1.54) is 43.7 Å². The average Bonchev–Trinajstić information content (AvgIpc) is 2.52. The van der Waals surface area contributed by atoms with Crippen LogP contribution in [-0.2, 0) is 9.53 Å². The van der Waals surface area contributed by atoms with Crippen molar-refractivity contribution in [1.29, 1.82) is 0 Å². The molecule has 21 heavy (non-hydrogen) atoms. The molecule has 2 rings (SSSR count). The van der Waals surface area contributed by atoms with Crippen LogP contribution in [0.1, 0.15) is 63.5 Å². The maximum Gasteiger partial charge on any atom is 0.116 e. The molecule has 0 atom stereocenters. The maximum atomic E-state index is 8.81. The Bertz CT molecular complexity index is 348. The van der Waals surface area contributed by atoms with Crippen LogP contribution < -0.4 is 0 Å². The molecule has 0 amide bonds. The van der Waals surface area contributed by atoms with Gasteiger partial charge in [0.1, 0.15) is 6.29 Å².